The van der Waals surface area contributed by atoms with Crippen molar-refractivity contribution in [3.05, 3.63) is 45.5 Å². The average Bonchev–Trinajstić information content (AvgIpc) is 2.43. The van der Waals surface area contributed by atoms with Gasteiger partial charge in [0.25, 0.3) is 10.0 Å². The van der Waals surface area contributed by atoms with Crippen molar-refractivity contribution in [1.82, 2.24) is 4.98 Å². The van der Waals surface area contributed by atoms with Crippen molar-refractivity contribution >= 4 is 53.4 Å². The highest BCUT2D eigenvalue weighted by atomic mass is 79.9. The summed E-state index contributed by atoms with van der Waals surface area (Å²) in [5, 5.41) is 2.98. The van der Waals surface area contributed by atoms with Crippen LogP contribution in [0.25, 0.3) is 0 Å². The van der Waals surface area contributed by atoms with E-state index in [9.17, 15) is 8.42 Å². The zero-order valence-corrected chi connectivity index (χ0v) is 15.1. The minimum absolute atomic E-state index is 0.153. The third-order valence-corrected chi connectivity index (χ3v) is 5.12. The third kappa shape index (κ3) is 4.18. The number of sulfonamides is 1. The first-order valence-electron chi connectivity index (χ1n) is 6.10. The van der Waals surface area contributed by atoms with Gasteiger partial charge >= 0.3 is 0 Å². The van der Waals surface area contributed by atoms with Crippen LogP contribution in [0.4, 0.5) is 11.5 Å². The van der Waals surface area contributed by atoms with Crippen LogP contribution in [0.5, 0.6) is 0 Å². The van der Waals surface area contributed by atoms with Gasteiger partial charge in [0.2, 0.25) is 0 Å². The molecule has 5 nitrogen and oxygen atoms in total. The van der Waals surface area contributed by atoms with Gasteiger partial charge in [0.1, 0.15) is 5.82 Å². The van der Waals surface area contributed by atoms with Crippen molar-refractivity contribution < 1.29 is 8.42 Å². The Morgan fingerprint density at radius 3 is 2.67 bits per heavy atom. The third-order valence-electron chi connectivity index (χ3n) is 2.57. The molecule has 0 aliphatic carbocycles. The Labute approximate surface area is 140 Å². The molecule has 8 heteroatoms. The maximum absolute atomic E-state index is 12.4. The standard InChI is InChI=1S/C13H13Br2N3O2S/c1-2-16-13-8-10(5-6-17-13)21(19,20)18-12-7-9(14)3-4-11(12)15/h3-8,18H,2H2,1H3,(H,16,17). The fraction of sp³-hybridized carbons (Fsp3) is 0.154. The van der Waals surface area contributed by atoms with Crippen LogP contribution >= 0.6 is 31.9 Å². The van der Waals surface area contributed by atoms with E-state index in [1.165, 1.54) is 18.3 Å². The molecule has 2 N–H and O–H groups in total. The molecule has 112 valence electrons. The van der Waals surface area contributed by atoms with E-state index >= 15 is 0 Å². The molecule has 0 aliphatic rings. The van der Waals surface area contributed by atoms with E-state index in [2.05, 4.69) is 46.9 Å². The van der Waals surface area contributed by atoms with Crippen molar-refractivity contribution in [2.24, 2.45) is 0 Å². The molecule has 2 rings (SSSR count). The smallest absolute Gasteiger partial charge is 0.262 e. The van der Waals surface area contributed by atoms with Crippen molar-refractivity contribution in [2.75, 3.05) is 16.6 Å². The molecule has 0 bridgehead atoms. The lowest BCUT2D eigenvalue weighted by Gasteiger charge is -2.11. The lowest BCUT2D eigenvalue weighted by molar-refractivity contribution is 0.601. The number of aromatic nitrogens is 1. The van der Waals surface area contributed by atoms with Gasteiger partial charge in [0, 0.05) is 27.8 Å². The molecule has 0 fully saturated rings. The molecule has 0 saturated heterocycles. The number of rotatable bonds is 5. The van der Waals surface area contributed by atoms with Gasteiger partial charge in [0.15, 0.2) is 0 Å². The Kier molecular flexibility index (Phi) is 5.23. The number of pyridine rings is 1. The van der Waals surface area contributed by atoms with E-state index in [4.69, 9.17) is 0 Å². The summed E-state index contributed by atoms with van der Waals surface area (Å²) in [5.74, 6) is 0.522. The summed E-state index contributed by atoms with van der Waals surface area (Å²) in [6.45, 7) is 2.58. The van der Waals surface area contributed by atoms with Crippen LogP contribution < -0.4 is 10.0 Å². The number of anilines is 2. The van der Waals surface area contributed by atoms with Gasteiger partial charge in [-0.2, -0.15) is 0 Å². The Bertz CT molecular complexity index is 751. The lowest BCUT2D eigenvalue weighted by atomic mass is 10.3. The maximum Gasteiger partial charge on any atom is 0.262 e. The predicted octanol–water partition coefficient (Wildman–Crippen LogP) is 3.84. The first-order chi connectivity index (χ1) is 9.92. The normalized spacial score (nSPS) is 11.2. The van der Waals surface area contributed by atoms with Crippen LogP contribution in [0.1, 0.15) is 6.92 Å². The molecule has 21 heavy (non-hydrogen) atoms. The van der Waals surface area contributed by atoms with Gasteiger partial charge in [-0.15, -0.1) is 0 Å². The number of nitrogens with one attached hydrogen (secondary N) is 2. The molecule has 0 aliphatic heterocycles. The Balaban J connectivity index is 2.34. The predicted molar refractivity (Wildman–Crippen MR) is 91.1 cm³/mol. The molecule has 1 heterocycles. The van der Waals surface area contributed by atoms with E-state index in [1.807, 2.05) is 13.0 Å². The van der Waals surface area contributed by atoms with Crippen LogP contribution in [0.2, 0.25) is 0 Å². The highest BCUT2D eigenvalue weighted by molar-refractivity contribution is 9.11. The highest BCUT2D eigenvalue weighted by Crippen LogP contribution is 2.28. The number of hydrogen-bond acceptors (Lipinski definition) is 4. The van der Waals surface area contributed by atoms with Crippen molar-refractivity contribution in [3.63, 3.8) is 0 Å². The SMILES string of the molecule is CCNc1cc(S(=O)(=O)Nc2cc(Br)ccc2Br)ccn1. The van der Waals surface area contributed by atoms with E-state index in [0.29, 0.717) is 22.5 Å². The van der Waals surface area contributed by atoms with Gasteiger partial charge in [-0.25, -0.2) is 13.4 Å². The van der Waals surface area contributed by atoms with Gasteiger partial charge in [-0.1, -0.05) is 15.9 Å². The first-order valence-corrected chi connectivity index (χ1v) is 9.17. The summed E-state index contributed by atoms with van der Waals surface area (Å²) < 4.78 is 28.8. The Morgan fingerprint density at radius 2 is 1.95 bits per heavy atom. The maximum atomic E-state index is 12.4. The minimum atomic E-state index is -3.67. The molecule has 2 aromatic rings. The fourth-order valence-corrected chi connectivity index (χ4v) is 3.56. The second-order valence-corrected chi connectivity index (χ2v) is 7.59. The van der Waals surface area contributed by atoms with Gasteiger partial charge < -0.3 is 5.32 Å². The molecule has 0 atom stereocenters. The quantitative estimate of drug-likeness (QED) is 0.749. The lowest BCUT2D eigenvalue weighted by Crippen LogP contribution is -2.14. The summed E-state index contributed by atoms with van der Waals surface area (Å²) in [6.07, 6.45) is 1.46. The zero-order valence-electron chi connectivity index (χ0n) is 11.1. The van der Waals surface area contributed by atoms with Crippen LogP contribution in [0.15, 0.2) is 50.4 Å². The first kappa shape index (κ1) is 16.3. The molecule has 0 saturated carbocycles. The molecule has 1 aromatic carbocycles. The van der Waals surface area contributed by atoms with Crippen molar-refractivity contribution in [2.45, 2.75) is 11.8 Å². The monoisotopic (exact) mass is 433 g/mol. The molecule has 1 aromatic heterocycles. The average molecular weight is 435 g/mol. The molecule has 0 amide bonds. The second kappa shape index (κ2) is 6.76. The number of nitrogens with zero attached hydrogens (tertiary/aromatic N) is 1. The van der Waals surface area contributed by atoms with Crippen LogP contribution in [-0.4, -0.2) is 19.9 Å². The molecular formula is C13H13Br2N3O2S. The Hall–Kier alpha value is -1.12. The van der Waals surface area contributed by atoms with Crippen molar-refractivity contribution in [1.29, 1.82) is 0 Å². The number of halogens is 2. The van der Waals surface area contributed by atoms with E-state index < -0.39 is 10.0 Å². The number of benzene rings is 1. The van der Waals surface area contributed by atoms with Gasteiger partial charge in [-0.05, 0) is 47.1 Å². The van der Waals surface area contributed by atoms with E-state index in [0.717, 1.165) is 4.47 Å². The summed E-state index contributed by atoms with van der Waals surface area (Å²) in [4.78, 5) is 4.21. The molecular weight excluding hydrogens is 422 g/mol. The highest BCUT2D eigenvalue weighted by Gasteiger charge is 2.16. The van der Waals surface area contributed by atoms with Crippen LogP contribution in [0.3, 0.4) is 0 Å². The largest absolute Gasteiger partial charge is 0.370 e. The summed E-state index contributed by atoms with van der Waals surface area (Å²) >= 11 is 6.64. The minimum Gasteiger partial charge on any atom is -0.370 e. The van der Waals surface area contributed by atoms with E-state index in [-0.39, 0.29) is 4.90 Å². The fourth-order valence-electron chi connectivity index (χ4n) is 1.64. The number of hydrogen-bond donors (Lipinski definition) is 2. The zero-order chi connectivity index (χ0) is 15.5. The van der Waals surface area contributed by atoms with Gasteiger partial charge in [-0.3, -0.25) is 4.72 Å². The molecule has 0 radical (unpaired) electrons. The van der Waals surface area contributed by atoms with Crippen LogP contribution in [0, 0.1) is 0 Å². The topological polar surface area (TPSA) is 71.1 Å². The second-order valence-electron chi connectivity index (χ2n) is 4.14. The summed E-state index contributed by atoms with van der Waals surface area (Å²) in [6, 6.07) is 8.22. The summed E-state index contributed by atoms with van der Waals surface area (Å²) in [5.41, 5.74) is 0.464. The molecule has 0 unspecified atom stereocenters. The van der Waals surface area contributed by atoms with Crippen LogP contribution in [-0.2, 0) is 10.0 Å². The molecule has 0 spiro atoms. The van der Waals surface area contributed by atoms with E-state index in [1.54, 1.807) is 12.1 Å². The van der Waals surface area contributed by atoms with Gasteiger partial charge in [0.05, 0.1) is 10.6 Å². The summed E-state index contributed by atoms with van der Waals surface area (Å²) in [7, 11) is -3.67. The Morgan fingerprint density at radius 1 is 1.19 bits per heavy atom. The van der Waals surface area contributed by atoms with Crippen molar-refractivity contribution in [3.8, 4) is 0 Å².